The number of rotatable bonds is 7. The molecule has 0 spiro atoms. The summed E-state index contributed by atoms with van der Waals surface area (Å²) < 4.78 is 10.6. The van der Waals surface area contributed by atoms with Crippen molar-refractivity contribution < 1.29 is 28.3 Å². The van der Waals surface area contributed by atoms with Crippen LogP contribution in [0.5, 0.6) is 0 Å². The standard InChI is InChI=1S/C24H29N3O6/c1-15(2)21(27-24(31)32-13-16-7-4-3-5-8-16)19(28)11-17-9-6-10-20-18(26-14-33-20)12-25-23(30)22(17)29/h3-5,7-8,14-15,17,21H,6,9-13H2,1-2H3,(H,25,30)(H,27,31). The summed E-state index contributed by atoms with van der Waals surface area (Å²) >= 11 is 0. The third-order valence-corrected chi connectivity index (χ3v) is 5.64. The Morgan fingerprint density at radius 2 is 2.00 bits per heavy atom. The molecule has 1 aromatic carbocycles. The molecule has 2 amide bonds. The third kappa shape index (κ3) is 6.74. The highest BCUT2D eigenvalue weighted by atomic mass is 16.5. The van der Waals surface area contributed by atoms with Crippen molar-refractivity contribution in [2.45, 2.75) is 58.7 Å². The number of nitrogens with one attached hydrogen (secondary N) is 2. The van der Waals surface area contributed by atoms with E-state index >= 15 is 0 Å². The average molecular weight is 456 g/mol. The van der Waals surface area contributed by atoms with Gasteiger partial charge in [0.15, 0.2) is 12.2 Å². The second kappa shape index (κ2) is 11.4. The zero-order valence-corrected chi connectivity index (χ0v) is 18.8. The number of aromatic nitrogens is 1. The molecule has 176 valence electrons. The molecule has 3 rings (SSSR count). The molecule has 1 aliphatic rings. The number of hydrogen-bond acceptors (Lipinski definition) is 7. The predicted molar refractivity (Wildman–Crippen MR) is 118 cm³/mol. The molecule has 0 saturated carbocycles. The fourth-order valence-electron chi connectivity index (χ4n) is 3.79. The van der Waals surface area contributed by atoms with Gasteiger partial charge in [0.2, 0.25) is 5.78 Å². The van der Waals surface area contributed by atoms with Crippen LogP contribution in [0.2, 0.25) is 0 Å². The number of hydrogen-bond donors (Lipinski definition) is 2. The number of benzene rings is 1. The van der Waals surface area contributed by atoms with Gasteiger partial charge in [-0.25, -0.2) is 9.78 Å². The quantitative estimate of drug-likeness (QED) is 0.615. The Kier molecular flexibility index (Phi) is 8.34. The first kappa shape index (κ1) is 24.2. The topological polar surface area (TPSA) is 128 Å². The van der Waals surface area contributed by atoms with Gasteiger partial charge in [-0.1, -0.05) is 44.2 Å². The first-order chi connectivity index (χ1) is 15.8. The predicted octanol–water partition coefficient (Wildman–Crippen LogP) is 2.72. The number of carbonyl (C=O) groups excluding carboxylic acids is 4. The highest BCUT2D eigenvalue weighted by Crippen LogP contribution is 2.21. The van der Waals surface area contributed by atoms with Crippen LogP contribution in [0.1, 0.15) is 50.1 Å². The summed E-state index contributed by atoms with van der Waals surface area (Å²) in [6.45, 7) is 3.78. The van der Waals surface area contributed by atoms with Crippen molar-refractivity contribution in [3.63, 3.8) is 0 Å². The molecule has 2 N–H and O–H groups in total. The molecule has 2 atom stereocenters. The Bertz CT molecular complexity index is 985. The molecular formula is C24H29N3O6. The smallest absolute Gasteiger partial charge is 0.408 e. The van der Waals surface area contributed by atoms with E-state index in [9.17, 15) is 19.2 Å². The van der Waals surface area contributed by atoms with Crippen LogP contribution in [0.4, 0.5) is 4.79 Å². The lowest BCUT2D eigenvalue weighted by atomic mass is 9.86. The van der Waals surface area contributed by atoms with Gasteiger partial charge in [-0.3, -0.25) is 14.4 Å². The first-order valence-corrected chi connectivity index (χ1v) is 11.1. The maximum absolute atomic E-state index is 13.0. The molecule has 2 unspecified atom stereocenters. The third-order valence-electron chi connectivity index (χ3n) is 5.64. The van der Waals surface area contributed by atoms with Crippen molar-refractivity contribution >= 4 is 23.6 Å². The Balaban J connectivity index is 1.61. The summed E-state index contributed by atoms with van der Waals surface area (Å²) in [5.74, 6) is -2.03. The van der Waals surface area contributed by atoms with Crippen molar-refractivity contribution in [3.8, 4) is 0 Å². The van der Waals surface area contributed by atoms with Crippen LogP contribution in [-0.2, 0) is 38.7 Å². The Morgan fingerprint density at radius 3 is 2.73 bits per heavy atom. The maximum atomic E-state index is 13.0. The van der Waals surface area contributed by atoms with Crippen LogP contribution in [0.15, 0.2) is 41.1 Å². The molecule has 0 fully saturated rings. The van der Waals surface area contributed by atoms with Crippen molar-refractivity contribution in [1.82, 2.24) is 15.6 Å². The number of oxazole rings is 1. The van der Waals surface area contributed by atoms with Gasteiger partial charge in [0.25, 0.3) is 5.91 Å². The Hall–Kier alpha value is -3.49. The van der Waals surface area contributed by atoms with E-state index in [-0.39, 0.29) is 31.3 Å². The van der Waals surface area contributed by atoms with Gasteiger partial charge in [-0.05, 0) is 24.3 Å². The number of alkyl carbamates (subject to hydrolysis) is 1. The zero-order chi connectivity index (χ0) is 23.8. The summed E-state index contributed by atoms with van der Waals surface area (Å²) in [6, 6.07) is 8.37. The SMILES string of the molecule is CC(C)C(NC(=O)OCc1ccccc1)C(=O)CC1CCCc2ocnc2CNC(=O)C1=O. The monoisotopic (exact) mass is 455 g/mol. The molecule has 0 saturated heterocycles. The zero-order valence-electron chi connectivity index (χ0n) is 18.8. The number of fused-ring (bicyclic) bond motifs is 1. The number of amides is 2. The average Bonchev–Trinajstić information content (AvgIpc) is 3.25. The number of aryl methyl sites for hydroxylation is 1. The second-order valence-corrected chi connectivity index (χ2v) is 8.46. The Morgan fingerprint density at radius 1 is 1.24 bits per heavy atom. The van der Waals surface area contributed by atoms with E-state index < -0.39 is 29.7 Å². The molecule has 0 bridgehead atoms. The lowest BCUT2D eigenvalue weighted by molar-refractivity contribution is -0.141. The van der Waals surface area contributed by atoms with E-state index in [0.29, 0.717) is 30.7 Å². The minimum atomic E-state index is -0.833. The van der Waals surface area contributed by atoms with Crippen molar-refractivity contribution in [1.29, 1.82) is 0 Å². The maximum Gasteiger partial charge on any atom is 0.408 e. The van der Waals surface area contributed by atoms with E-state index in [1.54, 1.807) is 13.8 Å². The summed E-state index contributed by atoms with van der Waals surface area (Å²) in [6.07, 6.45) is 1.93. The minimum Gasteiger partial charge on any atom is -0.448 e. The van der Waals surface area contributed by atoms with Crippen molar-refractivity contribution in [3.05, 3.63) is 53.7 Å². The van der Waals surface area contributed by atoms with Gasteiger partial charge >= 0.3 is 6.09 Å². The highest BCUT2D eigenvalue weighted by molar-refractivity contribution is 6.37. The molecule has 9 nitrogen and oxygen atoms in total. The van der Waals surface area contributed by atoms with Crippen LogP contribution >= 0.6 is 0 Å². The molecule has 0 radical (unpaired) electrons. The number of ether oxygens (including phenoxy) is 1. The first-order valence-electron chi connectivity index (χ1n) is 11.1. The molecule has 1 aliphatic heterocycles. The van der Waals surface area contributed by atoms with Gasteiger partial charge in [-0.15, -0.1) is 0 Å². The van der Waals surface area contributed by atoms with Crippen LogP contribution in [0.3, 0.4) is 0 Å². The normalized spacial score (nSPS) is 17.6. The molecule has 2 heterocycles. The molecule has 33 heavy (non-hydrogen) atoms. The van der Waals surface area contributed by atoms with Crippen LogP contribution in [-0.4, -0.2) is 34.6 Å². The van der Waals surface area contributed by atoms with E-state index in [1.807, 2.05) is 30.3 Å². The lowest BCUT2D eigenvalue weighted by Crippen LogP contribution is -2.46. The van der Waals surface area contributed by atoms with Crippen molar-refractivity contribution in [2.24, 2.45) is 11.8 Å². The fourth-order valence-corrected chi connectivity index (χ4v) is 3.79. The van der Waals surface area contributed by atoms with Crippen LogP contribution in [0.25, 0.3) is 0 Å². The van der Waals surface area contributed by atoms with Gasteiger partial charge < -0.3 is 19.8 Å². The Labute approximate surface area is 192 Å². The van der Waals surface area contributed by atoms with E-state index in [4.69, 9.17) is 9.15 Å². The molecular weight excluding hydrogens is 426 g/mol. The summed E-state index contributed by atoms with van der Waals surface area (Å²) in [7, 11) is 0. The minimum absolute atomic E-state index is 0.0799. The summed E-state index contributed by atoms with van der Waals surface area (Å²) in [5.41, 5.74) is 1.43. The second-order valence-electron chi connectivity index (χ2n) is 8.46. The highest BCUT2D eigenvalue weighted by Gasteiger charge is 2.33. The van der Waals surface area contributed by atoms with Crippen molar-refractivity contribution in [2.75, 3.05) is 0 Å². The van der Waals surface area contributed by atoms with Gasteiger partial charge in [0, 0.05) is 18.8 Å². The van der Waals surface area contributed by atoms with Gasteiger partial charge in [0.1, 0.15) is 18.1 Å². The molecule has 2 aromatic rings. The molecule has 9 heteroatoms. The molecule has 1 aromatic heterocycles. The van der Waals surface area contributed by atoms with E-state index in [1.165, 1.54) is 6.39 Å². The lowest BCUT2D eigenvalue weighted by Gasteiger charge is -2.23. The number of ketones is 2. The van der Waals surface area contributed by atoms with Gasteiger partial charge in [-0.2, -0.15) is 0 Å². The van der Waals surface area contributed by atoms with E-state index in [2.05, 4.69) is 15.6 Å². The fraction of sp³-hybridized carbons (Fsp3) is 0.458. The van der Waals surface area contributed by atoms with E-state index in [0.717, 1.165) is 5.56 Å². The van der Waals surface area contributed by atoms with Crippen LogP contribution < -0.4 is 10.6 Å². The number of Topliss-reactive ketones (excluding diaryl/α,β-unsaturated/α-hetero) is 2. The van der Waals surface area contributed by atoms with Crippen LogP contribution in [0, 0.1) is 11.8 Å². The number of nitrogens with zero attached hydrogens (tertiary/aromatic N) is 1. The number of carbonyl (C=O) groups is 4. The molecule has 0 aliphatic carbocycles. The van der Waals surface area contributed by atoms with Gasteiger partial charge in [0.05, 0.1) is 12.6 Å². The summed E-state index contributed by atoms with van der Waals surface area (Å²) in [5, 5.41) is 5.17. The summed E-state index contributed by atoms with van der Waals surface area (Å²) in [4.78, 5) is 54.4. The largest absolute Gasteiger partial charge is 0.448 e.